The molecule has 0 bridgehead atoms. The molecule has 2 aromatic carbocycles. The van der Waals surface area contributed by atoms with Crippen LogP contribution >= 0.6 is 0 Å². The summed E-state index contributed by atoms with van der Waals surface area (Å²) in [5, 5.41) is 6.38. The predicted octanol–water partition coefficient (Wildman–Crippen LogP) is 3.01. The zero-order chi connectivity index (χ0) is 19.7. The first-order valence-electron chi connectivity index (χ1n) is 9.62. The van der Waals surface area contributed by atoms with Crippen molar-refractivity contribution < 1.29 is 18.3 Å². The van der Waals surface area contributed by atoms with Crippen molar-refractivity contribution in [3.8, 4) is 0 Å². The van der Waals surface area contributed by atoms with Gasteiger partial charge in [-0.05, 0) is 49.2 Å². The highest BCUT2D eigenvalue weighted by Gasteiger charge is 2.53. The van der Waals surface area contributed by atoms with Gasteiger partial charge in [0.1, 0.15) is 11.6 Å². The van der Waals surface area contributed by atoms with Gasteiger partial charge in [-0.3, -0.25) is 4.79 Å². The van der Waals surface area contributed by atoms with Crippen LogP contribution in [-0.2, 0) is 21.4 Å². The summed E-state index contributed by atoms with van der Waals surface area (Å²) in [5.41, 5.74) is 1.85. The van der Waals surface area contributed by atoms with Gasteiger partial charge in [-0.15, -0.1) is 0 Å². The summed E-state index contributed by atoms with van der Waals surface area (Å²) >= 11 is 0. The highest BCUT2D eigenvalue weighted by Crippen LogP contribution is 2.51. The summed E-state index contributed by atoms with van der Waals surface area (Å²) in [6.07, 6.45) is 1.26. The molecule has 1 fully saturated rings. The van der Waals surface area contributed by atoms with E-state index in [0.717, 1.165) is 31.5 Å². The Morgan fingerprint density at radius 2 is 1.82 bits per heavy atom. The Hall–Kier alpha value is -2.31. The molecule has 1 aliphatic heterocycles. The van der Waals surface area contributed by atoms with E-state index in [1.807, 2.05) is 18.2 Å². The number of nitrogens with one attached hydrogen (secondary N) is 2. The van der Waals surface area contributed by atoms with Crippen LogP contribution in [0.1, 0.15) is 35.6 Å². The SMILES string of the molecule is COC1C(NC(=O)Cc2c(F)cccc2F)c2ccccc2C12CCNCC2. The van der Waals surface area contributed by atoms with Gasteiger partial charge in [-0.25, -0.2) is 8.78 Å². The summed E-state index contributed by atoms with van der Waals surface area (Å²) < 4.78 is 33.8. The maximum Gasteiger partial charge on any atom is 0.225 e. The molecule has 148 valence electrons. The lowest BCUT2D eigenvalue weighted by Gasteiger charge is -2.40. The van der Waals surface area contributed by atoms with Gasteiger partial charge in [-0.1, -0.05) is 30.3 Å². The molecular formula is C22H24F2N2O2. The second kappa shape index (κ2) is 7.60. The zero-order valence-electron chi connectivity index (χ0n) is 15.8. The van der Waals surface area contributed by atoms with Gasteiger partial charge >= 0.3 is 0 Å². The monoisotopic (exact) mass is 386 g/mol. The molecule has 6 heteroatoms. The summed E-state index contributed by atoms with van der Waals surface area (Å²) in [6.45, 7) is 1.77. The average Bonchev–Trinajstić information content (AvgIpc) is 2.94. The third-order valence-electron chi connectivity index (χ3n) is 6.14. The standard InChI is InChI=1S/C22H24F2N2O2/c1-28-21-20(26-19(27)13-15-17(23)7-4-8-18(15)24)14-5-2-3-6-16(14)22(21)9-11-25-12-10-22/h2-8,20-21,25H,9-13H2,1H3,(H,26,27). The zero-order valence-corrected chi connectivity index (χ0v) is 15.8. The smallest absolute Gasteiger partial charge is 0.225 e. The number of ether oxygens (including phenoxy) is 1. The molecule has 1 saturated heterocycles. The van der Waals surface area contributed by atoms with Crippen LogP contribution in [0.3, 0.4) is 0 Å². The van der Waals surface area contributed by atoms with Gasteiger partial charge in [0.2, 0.25) is 5.91 Å². The van der Waals surface area contributed by atoms with Crippen molar-refractivity contribution in [1.29, 1.82) is 0 Å². The molecular weight excluding hydrogens is 362 g/mol. The normalized spacial score (nSPS) is 22.8. The fraction of sp³-hybridized carbons (Fsp3) is 0.409. The Kier molecular flexibility index (Phi) is 5.17. The third kappa shape index (κ3) is 3.10. The van der Waals surface area contributed by atoms with Gasteiger partial charge in [-0.2, -0.15) is 0 Å². The lowest BCUT2D eigenvalue weighted by molar-refractivity contribution is -0.122. The second-order valence-corrected chi connectivity index (χ2v) is 7.57. The van der Waals surface area contributed by atoms with Crippen LogP contribution in [0.25, 0.3) is 0 Å². The molecule has 1 heterocycles. The van der Waals surface area contributed by atoms with Crippen LogP contribution in [0, 0.1) is 11.6 Å². The number of carbonyl (C=O) groups excluding carboxylic acids is 1. The van der Waals surface area contributed by atoms with E-state index < -0.39 is 17.5 Å². The molecule has 0 radical (unpaired) electrons. The lowest BCUT2D eigenvalue weighted by Crippen LogP contribution is -2.49. The van der Waals surface area contributed by atoms with Gasteiger partial charge in [0.25, 0.3) is 0 Å². The minimum atomic E-state index is -0.708. The Balaban J connectivity index is 1.63. The number of hydrogen-bond acceptors (Lipinski definition) is 3. The number of halogens is 2. The van der Waals surface area contributed by atoms with Crippen molar-refractivity contribution >= 4 is 5.91 Å². The summed E-state index contributed by atoms with van der Waals surface area (Å²) in [5.74, 6) is -1.84. The van der Waals surface area contributed by atoms with Gasteiger partial charge < -0.3 is 15.4 Å². The minimum absolute atomic E-state index is 0.169. The van der Waals surface area contributed by atoms with E-state index in [1.54, 1.807) is 7.11 Å². The number of piperidine rings is 1. The third-order valence-corrected chi connectivity index (χ3v) is 6.14. The van der Waals surface area contributed by atoms with E-state index in [4.69, 9.17) is 4.74 Å². The molecule has 2 aliphatic rings. The first-order valence-corrected chi connectivity index (χ1v) is 9.62. The second-order valence-electron chi connectivity index (χ2n) is 7.57. The van der Waals surface area contributed by atoms with Crippen LogP contribution in [0.5, 0.6) is 0 Å². The largest absolute Gasteiger partial charge is 0.378 e. The van der Waals surface area contributed by atoms with Crippen LogP contribution in [0.2, 0.25) is 0 Å². The number of hydrogen-bond donors (Lipinski definition) is 2. The van der Waals surface area contributed by atoms with E-state index >= 15 is 0 Å². The molecule has 4 rings (SSSR count). The molecule has 0 saturated carbocycles. The molecule has 2 unspecified atom stereocenters. The Labute approximate surface area is 163 Å². The van der Waals surface area contributed by atoms with Crippen molar-refractivity contribution in [2.45, 2.75) is 36.8 Å². The molecule has 1 spiro atoms. The molecule has 28 heavy (non-hydrogen) atoms. The molecule has 1 aliphatic carbocycles. The van der Waals surface area contributed by atoms with Crippen LogP contribution in [0.15, 0.2) is 42.5 Å². The quantitative estimate of drug-likeness (QED) is 0.849. The van der Waals surface area contributed by atoms with Crippen molar-refractivity contribution in [3.63, 3.8) is 0 Å². The molecule has 4 nitrogen and oxygen atoms in total. The van der Waals surface area contributed by atoms with E-state index in [9.17, 15) is 13.6 Å². The Morgan fingerprint density at radius 1 is 1.14 bits per heavy atom. The number of benzene rings is 2. The first kappa shape index (κ1) is 19.0. The molecule has 0 aromatic heterocycles. The van der Waals surface area contributed by atoms with Crippen molar-refractivity contribution in [2.75, 3.05) is 20.2 Å². The molecule has 2 aromatic rings. The number of fused-ring (bicyclic) bond motifs is 2. The maximum atomic E-state index is 13.9. The first-order chi connectivity index (χ1) is 13.6. The number of amides is 1. The van der Waals surface area contributed by atoms with Crippen LogP contribution in [-0.4, -0.2) is 32.2 Å². The maximum absolute atomic E-state index is 13.9. The summed E-state index contributed by atoms with van der Waals surface area (Å²) in [4.78, 5) is 12.7. The van der Waals surface area contributed by atoms with Gasteiger partial charge in [0, 0.05) is 18.1 Å². The van der Waals surface area contributed by atoms with E-state index in [2.05, 4.69) is 16.7 Å². The highest BCUT2D eigenvalue weighted by molar-refractivity contribution is 5.79. The average molecular weight is 386 g/mol. The van der Waals surface area contributed by atoms with Crippen molar-refractivity contribution in [3.05, 3.63) is 70.8 Å². The molecule has 2 N–H and O–H groups in total. The van der Waals surface area contributed by atoms with E-state index in [0.29, 0.717) is 0 Å². The van der Waals surface area contributed by atoms with E-state index in [-0.39, 0.29) is 29.5 Å². The summed E-state index contributed by atoms with van der Waals surface area (Å²) in [6, 6.07) is 11.3. The topological polar surface area (TPSA) is 50.4 Å². The minimum Gasteiger partial charge on any atom is -0.378 e. The van der Waals surface area contributed by atoms with Gasteiger partial charge in [0.15, 0.2) is 0 Å². The Bertz CT molecular complexity index is 860. The lowest BCUT2D eigenvalue weighted by atomic mass is 9.72. The van der Waals surface area contributed by atoms with Crippen molar-refractivity contribution in [1.82, 2.24) is 10.6 Å². The number of carbonyl (C=O) groups is 1. The van der Waals surface area contributed by atoms with Crippen LogP contribution in [0.4, 0.5) is 8.78 Å². The number of rotatable bonds is 4. The Morgan fingerprint density at radius 3 is 2.50 bits per heavy atom. The predicted molar refractivity (Wildman–Crippen MR) is 102 cm³/mol. The van der Waals surface area contributed by atoms with E-state index in [1.165, 1.54) is 23.8 Å². The number of methoxy groups -OCH3 is 1. The highest BCUT2D eigenvalue weighted by atomic mass is 19.1. The van der Waals surface area contributed by atoms with Crippen molar-refractivity contribution in [2.24, 2.45) is 0 Å². The van der Waals surface area contributed by atoms with Crippen LogP contribution < -0.4 is 10.6 Å². The fourth-order valence-electron chi connectivity index (χ4n) is 4.89. The molecule has 1 amide bonds. The fourth-order valence-corrected chi connectivity index (χ4v) is 4.89. The molecule has 2 atom stereocenters. The summed E-state index contributed by atoms with van der Waals surface area (Å²) in [7, 11) is 1.66. The van der Waals surface area contributed by atoms with Gasteiger partial charge in [0.05, 0.1) is 18.6 Å².